The summed E-state index contributed by atoms with van der Waals surface area (Å²) in [6.07, 6.45) is 6.21. The highest BCUT2D eigenvalue weighted by molar-refractivity contribution is 6.14. The molecular weight excluding hydrogens is 594 g/mol. The highest BCUT2D eigenvalue weighted by Gasteiger charge is 2.42. The zero-order valence-electron chi connectivity index (χ0n) is 28.2. The smallest absolute Gasteiger partial charge is 0.197 e. The van der Waals surface area contributed by atoms with E-state index in [4.69, 9.17) is 32.4 Å². The Bertz CT molecular complexity index is 1410. The Morgan fingerprint density at radius 3 is 1.49 bits per heavy atom. The van der Waals surface area contributed by atoms with Crippen molar-refractivity contribution in [1.82, 2.24) is 14.4 Å². The maximum absolute atomic E-state index is 14.4. The third-order valence-corrected chi connectivity index (χ3v) is 10.1. The Morgan fingerprint density at radius 2 is 1.11 bits per heavy atom. The van der Waals surface area contributed by atoms with Gasteiger partial charge < -0.3 is 37.0 Å². The molecule has 1 aromatic heterocycles. The second-order valence-corrected chi connectivity index (χ2v) is 13.2. The van der Waals surface area contributed by atoms with Crippen molar-refractivity contribution in [3.8, 4) is 0 Å². The number of morpholine rings is 2. The first kappa shape index (κ1) is 35.6. The van der Waals surface area contributed by atoms with Gasteiger partial charge in [0.05, 0.1) is 26.4 Å². The number of nitrogens with two attached hydrogens (primary N) is 4. The van der Waals surface area contributed by atoms with Gasteiger partial charge in [-0.05, 0) is 94.4 Å². The maximum atomic E-state index is 14.4. The first-order valence-electron chi connectivity index (χ1n) is 17.6. The number of hydrogen-bond acceptors (Lipinski definition) is 10. The monoisotopic (exact) mass is 649 g/mol. The van der Waals surface area contributed by atoms with Crippen LogP contribution in [-0.2, 0) is 16.0 Å². The number of aromatic nitrogens is 1. The molecule has 3 heterocycles. The van der Waals surface area contributed by atoms with Crippen LogP contribution >= 0.6 is 0 Å². The third-order valence-electron chi connectivity index (χ3n) is 10.1. The number of Topliss-reactive ketones (excluding diaryl/α,β-unsaturated/α-hetero) is 2. The van der Waals surface area contributed by atoms with Crippen molar-refractivity contribution >= 4 is 33.4 Å². The van der Waals surface area contributed by atoms with Crippen LogP contribution in [0.25, 0.3) is 21.8 Å². The quantitative estimate of drug-likeness (QED) is 0.126. The van der Waals surface area contributed by atoms with Crippen molar-refractivity contribution in [2.24, 2.45) is 22.9 Å². The second kappa shape index (κ2) is 16.1. The zero-order valence-corrected chi connectivity index (χ0v) is 28.2. The van der Waals surface area contributed by atoms with Gasteiger partial charge in [0, 0.05) is 65.7 Å². The molecule has 0 saturated carbocycles. The molecule has 0 aliphatic carbocycles. The van der Waals surface area contributed by atoms with Gasteiger partial charge in [0.25, 0.3) is 0 Å². The fourth-order valence-electron chi connectivity index (χ4n) is 7.28. The van der Waals surface area contributed by atoms with E-state index in [-0.39, 0.29) is 11.6 Å². The second-order valence-electron chi connectivity index (χ2n) is 13.2. The van der Waals surface area contributed by atoms with E-state index in [1.165, 1.54) is 0 Å². The van der Waals surface area contributed by atoms with Crippen molar-refractivity contribution in [3.63, 3.8) is 0 Å². The summed E-state index contributed by atoms with van der Waals surface area (Å²) in [6.45, 7) is 8.70. The Hall–Kier alpha value is -2.74. The summed E-state index contributed by atoms with van der Waals surface area (Å²) in [4.78, 5) is 32.9. The number of fused-ring (bicyclic) bond motifs is 3. The van der Waals surface area contributed by atoms with E-state index in [2.05, 4.69) is 21.3 Å². The predicted molar refractivity (Wildman–Crippen MR) is 187 cm³/mol. The van der Waals surface area contributed by atoms with Gasteiger partial charge in [0.2, 0.25) is 0 Å². The number of carbonyl (C=O) groups excluding carboxylic acids is 2. The molecule has 2 atom stereocenters. The van der Waals surface area contributed by atoms with E-state index in [0.29, 0.717) is 89.7 Å². The number of carbonyl (C=O) groups is 2. The number of aryl methyl sites for hydroxylation is 1. The molecule has 2 saturated heterocycles. The Morgan fingerprint density at radius 1 is 0.681 bits per heavy atom. The first-order chi connectivity index (χ1) is 22.8. The van der Waals surface area contributed by atoms with Crippen LogP contribution in [-0.4, -0.2) is 103 Å². The summed E-state index contributed by atoms with van der Waals surface area (Å²) >= 11 is 0. The normalized spacial score (nSPS) is 19.2. The van der Waals surface area contributed by atoms with Gasteiger partial charge in [0.15, 0.2) is 11.6 Å². The summed E-state index contributed by atoms with van der Waals surface area (Å²) < 4.78 is 13.5. The molecule has 0 bridgehead atoms. The predicted octanol–water partition coefficient (Wildman–Crippen LogP) is 3.19. The molecule has 2 aliphatic heterocycles. The van der Waals surface area contributed by atoms with E-state index in [1.54, 1.807) is 0 Å². The molecule has 2 aliphatic rings. The summed E-state index contributed by atoms with van der Waals surface area (Å²) in [6, 6.07) is 11.8. The lowest BCUT2D eigenvalue weighted by Crippen LogP contribution is -2.64. The maximum Gasteiger partial charge on any atom is 0.197 e. The van der Waals surface area contributed by atoms with Crippen LogP contribution in [0.3, 0.4) is 0 Å². The molecule has 258 valence electrons. The van der Waals surface area contributed by atoms with Crippen LogP contribution in [0.15, 0.2) is 36.4 Å². The lowest BCUT2D eigenvalue weighted by molar-refractivity contribution is -0.0166. The van der Waals surface area contributed by atoms with Crippen molar-refractivity contribution in [3.05, 3.63) is 47.5 Å². The highest BCUT2D eigenvalue weighted by atomic mass is 16.5. The van der Waals surface area contributed by atoms with Gasteiger partial charge in [-0.2, -0.15) is 0 Å². The zero-order chi connectivity index (χ0) is 33.4. The first-order valence-corrected chi connectivity index (χ1v) is 17.6. The average Bonchev–Trinajstić information content (AvgIpc) is 3.42. The average molecular weight is 650 g/mol. The number of nitrogens with zero attached hydrogens (tertiary/aromatic N) is 3. The standard InChI is InChI=1S/C36H55N7O4/c1-2-3-16-43-31-10-8-27(33(44)35(39,12-4-6-14-37)41-17-21-46-22-18-41)25-29(31)30-26-28(9-11-32(30)43)34(45)36(40,13-5-7-15-38)42-19-23-47-24-20-42/h8-11,25-26H,2-7,12-24,37-40H2,1H3/t35-,36-/m1/s1. The summed E-state index contributed by atoms with van der Waals surface area (Å²) in [7, 11) is 0. The summed E-state index contributed by atoms with van der Waals surface area (Å²) in [5.41, 5.74) is 26.6. The molecule has 0 amide bonds. The van der Waals surface area contributed by atoms with Gasteiger partial charge >= 0.3 is 0 Å². The molecule has 0 unspecified atom stereocenters. The van der Waals surface area contributed by atoms with E-state index in [0.717, 1.165) is 66.9 Å². The topological polar surface area (TPSA) is 168 Å². The highest BCUT2D eigenvalue weighted by Crippen LogP contribution is 2.34. The largest absolute Gasteiger partial charge is 0.379 e. The SMILES string of the molecule is CCCCn1c2ccc(C(=O)[C@@](N)(CCCCN)N3CCOCC3)cc2c2cc(C(=O)[C@@](N)(CCCCN)N3CCOCC3)ccc21. The molecule has 0 spiro atoms. The van der Waals surface area contributed by atoms with Crippen LogP contribution < -0.4 is 22.9 Å². The molecule has 8 N–H and O–H groups in total. The van der Waals surface area contributed by atoms with Crippen molar-refractivity contribution in [1.29, 1.82) is 0 Å². The number of hydrogen-bond donors (Lipinski definition) is 4. The van der Waals surface area contributed by atoms with Crippen LogP contribution in [0, 0.1) is 0 Å². The van der Waals surface area contributed by atoms with Gasteiger partial charge in [-0.25, -0.2) is 0 Å². The Kier molecular flexibility index (Phi) is 12.2. The number of ether oxygens (including phenoxy) is 2. The van der Waals surface area contributed by atoms with Crippen LogP contribution in [0.1, 0.15) is 79.0 Å². The minimum Gasteiger partial charge on any atom is -0.379 e. The van der Waals surface area contributed by atoms with Gasteiger partial charge in [-0.3, -0.25) is 19.4 Å². The number of ketones is 2. The van der Waals surface area contributed by atoms with Crippen LogP contribution in [0.5, 0.6) is 0 Å². The Balaban J connectivity index is 1.58. The molecule has 11 nitrogen and oxygen atoms in total. The summed E-state index contributed by atoms with van der Waals surface area (Å²) in [5, 5.41) is 1.86. The van der Waals surface area contributed by atoms with Crippen LogP contribution in [0.4, 0.5) is 0 Å². The Labute approximate surface area is 278 Å². The van der Waals surface area contributed by atoms with Crippen LogP contribution in [0.2, 0.25) is 0 Å². The number of benzene rings is 2. The van der Waals surface area contributed by atoms with Gasteiger partial charge in [0.1, 0.15) is 11.3 Å². The van der Waals surface area contributed by atoms with E-state index >= 15 is 0 Å². The van der Waals surface area contributed by atoms with Crippen molar-refractivity contribution in [2.75, 3.05) is 65.7 Å². The fraction of sp³-hybridized carbons (Fsp3) is 0.611. The molecule has 0 radical (unpaired) electrons. The van der Waals surface area contributed by atoms with Gasteiger partial charge in [-0.15, -0.1) is 0 Å². The molecule has 47 heavy (non-hydrogen) atoms. The van der Waals surface area contributed by atoms with E-state index in [1.807, 2.05) is 36.4 Å². The third kappa shape index (κ3) is 7.47. The minimum atomic E-state index is -1.16. The van der Waals surface area contributed by atoms with Gasteiger partial charge in [-0.1, -0.05) is 13.3 Å². The molecule has 5 rings (SSSR count). The van der Waals surface area contributed by atoms with Crippen molar-refractivity contribution < 1.29 is 19.1 Å². The number of rotatable bonds is 17. The van der Waals surface area contributed by atoms with E-state index < -0.39 is 11.3 Å². The molecule has 11 heteroatoms. The minimum absolute atomic E-state index is 0.104. The molecule has 3 aromatic rings. The molecular formula is C36H55N7O4. The lowest BCUT2D eigenvalue weighted by Gasteiger charge is -2.42. The molecule has 2 aromatic carbocycles. The fourth-order valence-corrected chi connectivity index (χ4v) is 7.28. The lowest BCUT2D eigenvalue weighted by atomic mass is 9.89. The molecule has 2 fully saturated rings. The van der Waals surface area contributed by atoms with Crippen molar-refractivity contribution in [2.45, 2.75) is 76.2 Å². The summed E-state index contributed by atoms with van der Waals surface area (Å²) in [5.74, 6) is -0.207. The number of unbranched alkanes of at least 4 members (excludes halogenated alkanes) is 3. The van der Waals surface area contributed by atoms with E-state index in [9.17, 15) is 9.59 Å².